The van der Waals surface area contributed by atoms with Crippen molar-refractivity contribution in [2.24, 2.45) is 0 Å². The van der Waals surface area contributed by atoms with Gasteiger partial charge in [-0.3, -0.25) is 4.79 Å². The highest BCUT2D eigenvalue weighted by Gasteiger charge is 2.51. The summed E-state index contributed by atoms with van der Waals surface area (Å²) in [6.45, 7) is 2.65. The van der Waals surface area contributed by atoms with Gasteiger partial charge in [-0.1, -0.05) is 221 Å². The lowest BCUT2D eigenvalue weighted by molar-refractivity contribution is -0.359. The summed E-state index contributed by atoms with van der Waals surface area (Å²) in [6.07, 6.45) is 50.6. The Balaban J connectivity index is 1.78. The molecule has 0 spiro atoms. The average molecular weight is 1120 g/mol. The first-order chi connectivity index (χ1) is 38.6. The highest BCUT2D eigenvalue weighted by atomic mass is 16.7. The van der Waals surface area contributed by atoms with Crippen LogP contribution in [0.2, 0.25) is 0 Å². The van der Waals surface area contributed by atoms with E-state index < -0.39 is 86.8 Å². The molecule has 2 saturated heterocycles. The van der Waals surface area contributed by atoms with Gasteiger partial charge >= 0.3 is 0 Å². The number of rotatable bonds is 49. The van der Waals surface area contributed by atoms with Crippen molar-refractivity contribution < 1.29 is 64.6 Å². The molecule has 0 radical (unpaired) electrons. The molecule has 0 aromatic heterocycles. The molecule has 0 aromatic rings. The van der Waals surface area contributed by atoms with Crippen molar-refractivity contribution >= 4 is 5.91 Å². The van der Waals surface area contributed by atoms with Gasteiger partial charge in [0.2, 0.25) is 5.91 Å². The fourth-order valence-corrected chi connectivity index (χ4v) is 9.78. The third-order valence-electron chi connectivity index (χ3n) is 14.8. The van der Waals surface area contributed by atoms with Gasteiger partial charge in [-0.2, -0.15) is 0 Å². The van der Waals surface area contributed by atoms with E-state index in [-0.39, 0.29) is 18.9 Å². The molecule has 0 bridgehead atoms. The molecule has 2 fully saturated rings. The van der Waals surface area contributed by atoms with Crippen molar-refractivity contribution in [3.05, 3.63) is 85.1 Å². The topological polar surface area (TPSA) is 228 Å². The number of amides is 1. The van der Waals surface area contributed by atoms with Crippen molar-refractivity contribution in [1.29, 1.82) is 0 Å². The van der Waals surface area contributed by atoms with E-state index in [1.807, 2.05) is 6.08 Å². The van der Waals surface area contributed by atoms with Crippen LogP contribution in [-0.4, -0.2) is 140 Å². The molecule has 2 rings (SSSR count). The predicted octanol–water partition coefficient (Wildman–Crippen LogP) is 11.3. The third-order valence-corrected chi connectivity index (χ3v) is 14.8. The summed E-state index contributed by atoms with van der Waals surface area (Å²) in [7, 11) is 0. The van der Waals surface area contributed by atoms with Gasteiger partial charge in [0.25, 0.3) is 0 Å². The second-order valence-electron chi connectivity index (χ2n) is 21.8. The van der Waals surface area contributed by atoms with E-state index >= 15 is 0 Å². The van der Waals surface area contributed by atoms with E-state index in [1.165, 1.54) is 103 Å². The van der Waals surface area contributed by atoms with Crippen LogP contribution in [0, 0.1) is 0 Å². The fraction of sp³-hybridized carbons (Fsp3) is 0.769. The predicted molar refractivity (Wildman–Crippen MR) is 318 cm³/mol. The minimum Gasteiger partial charge on any atom is -0.394 e. The van der Waals surface area contributed by atoms with E-state index in [2.05, 4.69) is 92.1 Å². The Bertz CT molecular complexity index is 1650. The van der Waals surface area contributed by atoms with E-state index in [9.17, 15) is 45.6 Å². The molecule has 1 amide bonds. The first-order valence-electron chi connectivity index (χ1n) is 31.3. The number of aliphatic hydroxyl groups excluding tert-OH is 8. The van der Waals surface area contributed by atoms with Crippen LogP contribution in [0.1, 0.15) is 226 Å². The maximum atomic E-state index is 13.3. The molecule has 14 nitrogen and oxygen atoms in total. The second-order valence-corrected chi connectivity index (χ2v) is 21.8. The lowest BCUT2D eigenvalue weighted by Crippen LogP contribution is -2.65. The minimum atomic E-state index is -1.80. The maximum absolute atomic E-state index is 13.3. The van der Waals surface area contributed by atoms with Gasteiger partial charge < -0.3 is 65.1 Å². The number of unbranched alkanes of at least 4 members (excludes halogenated alkanes) is 24. The standard InChI is InChI=1S/C65H113NO13/c1-3-5-7-9-11-13-15-17-19-21-23-24-25-26-27-28-29-31-32-34-36-38-40-42-44-46-48-54(69)53(66-57(70)49-47-45-43-41-39-37-35-33-30-22-20-18-16-14-12-10-8-6-4-2)52-76-64-62(75)60(73)63(56(51-68)78-64)79-65-61(74)59(72)58(71)55(50-67)77-65/h6,8,12,14,18,20,30-33,38,40,46,48,53-56,58-65,67-69,71-75H,3-5,7,9-11,13,15-17,19,21-29,34-37,39,41-45,47,49-52H2,1-2H3,(H,66,70)/b8-6-,14-12-,20-18-,32-31+,33-30-,40-38+,48-46+. The lowest BCUT2D eigenvalue weighted by atomic mass is 9.97. The van der Waals surface area contributed by atoms with Crippen molar-refractivity contribution in [1.82, 2.24) is 5.32 Å². The minimum absolute atomic E-state index is 0.249. The lowest BCUT2D eigenvalue weighted by Gasteiger charge is -2.46. The Hall–Kier alpha value is -2.83. The van der Waals surface area contributed by atoms with Gasteiger partial charge in [0, 0.05) is 6.42 Å². The summed E-state index contributed by atoms with van der Waals surface area (Å²) >= 11 is 0. The molecular formula is C65H113NO13. The fourth-order valence-electron chi connectivity index (χ4n) is 9.78. The molecule has 12 unspecified atom stereocenters. The molecule has 0 saturated carbocycles. The molecule has 12 atom stereocenters. The first-order valence-corrected chi connectivity index (χ1v) is 31.3. The van der Waals surface area contributed by atoms with Crippen LogP contribution in [-0.2, 0) is 23.7 Å². The normalized spacial score (nSPS) is 25.0. The summed E-state index contributed by atoms with van der Waals surface area (Å²) in [4.78, 5) is 13.3. The van der Waals surface area contributed by atoms with Gasteiger partial charge in [-0.15, -0.1) is 0 Å². The maximum Gasteiger partial charge on any atom is 0.220 e. The van der Waals surface area contributed by atoms with Crippen LogP contribution in [0.4, 0.5) is 0 Å². The Morgan fingerprint density at radius 3 is 1.39 bits per heavy atom. The molecule has 2 heterocycles. The number of carbonyl (C=O) groups excluding carboxylic acids is 1. The van der Waals surface area contributed by atoms with Crippen molar-refractivity contribution in [3.8, 4) is 0 Å². The summed E-state index contributed by atoms with van der Waals surface area (Å²) in [5.41, 5.74) is 0. The largest absolute Gasteiger partial charge is 0.394 e. The summed E-state index contributed by atoms with van der Waals surface area (Å²) in [5.74, 6) is -0.270. The van der Waals surface area contributed by atoms with Crippen molar-refractivity contribution in [3.63, 3.8) is 0 Å². The highest BCUT2D eigenvalue weighted by molar-refractivity contribution is 5.76. The van der Waals surface area contributed by atoms with E-state index in [0.717, 1.165) is 89.9 Å². The molecule has 79 heavy (non-hydrogen) atoms. The third kappa shape index (κ3) is 35.0. The van der Waals surface area contributed by atoms with Crippen LogP contribution in [0.15, 0.2) is 85.1 Å². The van der Waals surface area contributed by atoms with Gasteiger partial charge in [-0.25, -0.2) is 0 Å². The quantitative estimate of drug-likeness (QED) is 0.0204. The molecule has 0 aliphatic carbocycles. The molecule has 0 aromatic carbocycles. The first kappa shape index (κ1) is 72.3. The molecule has 456 valence electrons. The van der Waals surface area contributed by atoms with Crippen molar-refractivity contribution in [2.45, 2.75) is 299 Å². The number of hydrogen-bond acceptors (Lipinski definition) is 13. The van der Waals surface area contributed by atoms with E-state index in [4.69, 9.17) is 18.9 Å². The Kier molecular flexibility index (Phi) is 45.5. The van der Waals surface area contributed by atoms with Gasteiger partial charge in [0.15, 0.2) is 12.6 Å². The van der Waals surface area contributed by atoms with Crippen LogP contribution < -0.4 is 5.32 Å². The SMILES string of the molecule is CC/C=C\C/C=C\C/C=C\C/C=C\CCCCCCCCC(=O)NC(COC1OC(CO)C(OC2OC(CO)C(O)C(O)C2O)C(O)C1O)C(O)/C=C/CC/C=C/CC/C=C/CCCCCCCCCCCCCCCCCC. The van der Waals surface area contributed by atoms with Gasteiger partial charge in [0.05, 0.1) is 32.0 Å². The summed E-state index contributed by atoms with van der Waals surface area (Å²) < 4.78 is 22.8. The molecule has 2 aliphatic rings. The monoisotopic (exact) mass is 1120 g/mol. The zero-order chi connectivity index (χ0) is 57.4. The van der Waals surface area contributed by atoms with Crippen molar-refractivity contribution in [2.75, 3.05) is 19.8 Å². The summed E-state index contributed by atoms with van der Waals surface area (Å²) in [6, 6.07) is -0.952. The van der Waals surface area contributed by atoms with Crippen LogP contribution in [0.25, 0.3) is 0 Å². The number of ether oxygens (including phenoxy) is 4. The van der Waals surface area contributed by atoms with Gasteiger partial charge in [0.1, 0.15) is 48.8 Å². The second kappa shape index (κ2) is 49.8. The smallest absolute Gasteiger partial charge is 0.220 e. The molecule has 9 N–H and O–H groups in total. The van der Waals surface area contributed by atoms with E-state index in [0.29, 0.717) is 12.8 Å². The van der Waals surface area contributed by atoms with Crippen LogP contribution >= 0.6 is 0 Å². The van der Waals surface area contributed by atoms with Gasteiger partial charge in [-0.05, 0) is 83.5 Å². The van der Waals surface area contributed by atoms with Crippen LogP contribution in [0.5, 0.6) is 0 Å². The number of aliphatic hydroxyl groups is 8. The molecule has 14 heteroatoms. The number of hydrogen-bond donors (Lipinski definition) is 9. The Morgan fingerprint density at radius 2 is 0.886 bits per heavy atom. The summed E-state index contributed by atoms with van der Waals surface area (Å²) in [5, 5.41) is 87.2. The van der Waals surface area contributed by atoms with E-state index in [1.54, 1.807) is 6.08 Å². The number of carbonyl (C=O) groups is 1. The zero-order valence-corrected chi connectivity index (χ0v) is 49.1. The Morgan fingerprint density at radius 1 is 0.468 bits per heavy atom. The Labute approximate surface area is 478 Å². The zero-order valence-electron chi connectivity index (χ0n) is 49.1. The molecule has 2 aliphatic heterocycles. The molecular weight excluding hydrogens is 1000 g/mol. The highest BCUT2D eigenvalue weighted by Crippen LogP contribution is 2.30. The average Bonchev–Trinajstić information content (AvgIpc) is 3.47. The number of nitrogens with one attached hydrogen (secondary N) is 1. The number of allylic oxidation sites excluding steroid dienone is 13. The van der Waals surface area contributed by atoms with Crippen LogP contribution in [0.3, 0.4) is 0 Å².